The summed E-state index contributed by atoms with van der Waals surface area (Å²) in [6.07, 6.45) is 5.12. The van der Waals surface area contributed by atoms with Crippen LogP contribution < -0.4 is 5.73 Å². The van der Waals surface area contributed by atoms with Gasteiger partial charge in [0, 0.05) is 25.1 Å². The molecular formula is C17H28N2O. The average Bonchev–Trinajstić information content (AvgIpc) is 2.51. The SMILES string of the molecule is CC.Nc1ccc(CC(=O)CCN2CCCCC2)cc1. The highest BCUT2D eigenvalue weighted by Gasteiger charge is 2.11. The molecular weight excluding hydrogens is 248 g/mol. The highest BCUT2D eigenvalue weighted by molar-refractivity contribution is 5.81. The number of ketones is 1. The zero-order valence-electron chi connectivity index (χ0n) is 12.9. The normalized spacial score (nSPS) is 15.3. The number of nitrogens with two attached hydrogens (primary N) is 1. The first-order valence-electron chi connectivity index (χ1n) is 7.82. The number of piperidine rings is 1. The van der Waals surface area contributed by atoms with E-state index >= 15 is 0 Å². The van der Waals surface area contributed by atoms with Crippen LogP contribution in [-0.2, 0) is 11.2 Å². The fourth-order valence-corrected chi connectivity index (χ4v) is 2.42. The lowest BCUT2D eigenvalue weighted by molar-refractivity contribution is -0.118. The van der Waals surface area contributed by atoms with Crippen molar-refractivity contribution in [2.24, 2.45) is 0 Å². The van der Waals surface area contributed by atoms with Gasteiger partial charge in [0.1, 0.15) is 5.78 Å². The Morgan fingerprint density at radius 2 is 1.70 bits per heavy atom. The number of rotatable bonds is 5. The van der Waals surface area contributed by atoms with Crippen molar-refractivity contribution in [1.82, 2.24) is 4.90 Å². The van der Waals surface area contributed by atoms with Crippen molar-refractivity contribution in [1.29, 1.82) is 0 Å². The maximum absolute atomic E-state index is 11.9. The molecule has 1 fully saturated rings. The van der Waals surface area contributed by atoms with E-state index in [2.05, 4.69) is 4.90 Å². The van der Waals surface area contributed by atoms with Crippen LogP contribution in [-0.4, -0.2) is 30.3 Å². The van der Waals surface area contributed by atoms with Gasteiger partial charge in [-0.1, -0.05) is 32.4 Å². The van der Waals surface area contributed by atoms with E-state index < -0.39 is 0 Å². The first-order valence-corrected chi connectivity index (χ1v) is 7.82. The molecule has 3 heteroatoms. The first-order chi connectivity index (χ1) is 9.74. The number of benzene rings is 1. The molecule has 0 spiro atoms. The smallest absolute Gasteiger partial charge is 0.138 e. The maximum Gasteiger partial charge on any atom is 0.138 e. The van der Waals surface area contributed by atoms with Crippen molar-refractivity contribution < 1.29 is 4.79 Å². The summed E-state index contributed by atoms with van der Waals surface area (Å²) in [4.78, 5) is 14.3. The van der Waals surface area contributed by atoms with E-state index in [9.17, 15) is 4.79 Å². The lowest BCUT2D eigenvalue weighted by Gasteiger charge is -2.25. The van der Waals surface area contributed by atoms with Crippen molar-refractivity contribution >= 4 is 11.5 Å². The number of carbonyl (C=O) groups is 1. The summed E-state index contributed by atoms with van der Waals surface area (Å²) >= 11 is 0. The molecule has 2 N–H and O–H groups in total. The predicted octanol–water partition coefficient (Wildman–Crippen LogP) is 3.28. The number of Topliss-reactive ketones (excluding diaryl/α,β-unsaturated/α-hetero) is 1. The van der Waals surface area contributed by atoms with Crippen LogP contribution in [0.25, 0.3) is 0 Å². The third kappa shape index (κ3) is 6.20. The van der Waals surface area contributed by atoms with Gasteiger partial charge in [0.15, 0.2) is 0 Å². The summed E-state index contributed by atoms with van der Waals surface area (Å²) < 4.78 is 0. The van der Waals surface area contributed by atoms with Crippen LogP contribution in [0, 0.1) is 0 Å². The molecule has 1 aromatic carbocycles. The molecule has 20 heavy (non-hydrogen) atoms. The molecule has 0 bridgehead atoms. The zero-order valence-corrected chi connectivity index (χ0v) is 12.9. The molecule has 0 atom stereocenters. The van der Waals surface area contributed by atoms with E-state index in [0.717, 1.165) is 30.9 Å². The van der Waals surface area contributed by atoms with Gasteiger partial charge in [-0.05, 0) is 43.6 Å². The second-order valence-electron chi connectivity index (χ2n) is 5.11. The molecule has 1 aromatic rings. The summed E-state index contributed by atoms with van der Waals surface area (Å²) in [5.74, 6) is 0.324. The predicted molar refractivity (Wildman–Crippen MR) is 85.8 cm³/mol. The van der Waals surface area contributed by atoms with Crippen LogP contribution in [0.1, 0.15) is 45.1 Å². The van der Waals surface area contributed by atoms with E-state index in [1.54, 1.807) is 0 Å². The van der Waals surface area contributed by atoms with Gasteiger partial charge in [-0.25, -0.2) is 0 Å². The lowest BCUT2D eigenvalue weighted by Crippen LogP contribution is -2.31. The van der Waals surface area contributed by atoms with Crippen LogP contribution in [0.15, 0.2) is 24.3 Å². The summed E-state index contributed by atoms with van der Waals surface area (Å²) in [6.45, 7) is 7.25. The average molecular weight is 276 g/mol. The zero-order chi connectivity index (χ0) is 14.8. The van der Waals surface area contributed by atoms with Gasteiger partial charge >= 0.3 is 0 Å². The Morgan fingerprint density at radius 3 is 2.30 bits per heavy atom. The van der Waals surface area contributed by atoms with Crippen LogP contribution in [0.4, 0.5) is 5.69 Å². The number of likely N-dealkylation sites (tertiary alicyclic amines) is 1. The topological polar surface area (TPSA) is 46.3 Å². The fourth-order valence-electron chi connectivity index (χ4n) is 2.42. The van der Waals surface area contributed by atoms with Crippen molar-refractivity contribution in [3.05, 3.63) is 29.8 Å². The number of carbonyl (C=O) groups excluding carboxylic acids is 1. The van der Waals surface area contributed by atoms with Gasteiger partial charge in [-0.3, -0.25) is 4.79 Å². The van der Waals surface area contributed by atoms with Crippen molar-refractivity contribution in [2.75, 3.05) is 25.4 Å². The second kappa shape index (κ2) is 9.54. The standard InChI is InChI=1S/C15H22N2O.C2H6/c16-14-6-4-13(5-7-14)12-15(18)8-11-17-9-2-1-3-10-17;1-2/h4-7H,1-3,8-12,16H2;1-2H3. The molecule has 2 rings (SSSR count). The Morgan fingerprint density at radius 1 is 1.10 bits per heavy atom. The highest BCUT2D eigenvalue weighted by Crippen LogP contribution is 2.10. The Hall–Kier alpha value is -1.35. The molecule has 1 saturated heterocycles. The Balaban J connectivity index is 0.000000956. The minimum atomic E-state index is 0.324. The number of nitrogen functional groups attached to an aromatic ring is 1. The van der Waals surface area contributed by atoms with Gasteiger partial charge in [0.25, 0.3) is 0 Å². The maximum atomic E-state index is 11.9. The number of hydrogen-bond acceptors (Lipinski definition) is 3. The lowest BCUT2D eigenvalue weighted by atomic mass is 10.1. The molecule has 0 radical (unpaired) electrons. The van der Waals surface area contributed by atoms with Gasteiger partial charge in [-0.2, -0.15) is 0 Å². The summed E-state index contributed by atoms with van der Waals surface area (Å²) in [7, 11) is 0. The Bertz CT molecular complexity index is 380. The molecule has 0 aromatic heterocycles. The van der Waals surface area contributed by atoms with Gasteiger partial charge in [0.2, 0.25) is 0 Å². The third-order valence-electron chi connectivity index (χ3n) is 3.54. The molecule has 0 amide bonds. The number of hydrogen-bond donors (Lipinski definition) is 1. The molecule has 112 valence electrons. The van der Waals surface area contributed by atoms with E-state index in [1.807, 2.05) is 38.1 Å². The minimum Gasteiger partial charge on any atom is -0.399 e. The molecule has 3 nitrogen and oxygen atoms in total. The molecule has 1 aliphatic heterocycles. The second-order valence-corrected chi connectivity index (χ2v) is 5.11. The Kier molecular flexibility index (Phi) is 7.97. The fraction of sp³-hybridized carbons (Fsp3) is 0.588. The molecule has 1 heterocycles. The molecule has 1 aliphatic rings. The van der Waals surface area contributed by atoms with E-state index in [4.69, 9.17) is 5.73 Å². The number of nitrogens with zero attached hydrogens (tertiary/aromatic N) is 1. The van der Waals surface area contributed by atoms with Crippen LogP contribution in [0.5, 0.6) is 0 Å². The van der Waals surface area contributed by atoms with Gasteiger partial charge in [0.05, 0.1) is 0 Å². The molecule has 0 aliphatic carbocycles. The van der Waals surface area contributed by atoms with Crippen molar-refractivity contribution in [3.63, 3.8) is 0 Å². The first kappa shape index (κ1) is 16.7. The third-order valence-corrected chi connectivity index (χ3v) is 3.54. The summed E-state index contributed by atoms with van der Waals surface area (Å²) in [6, 6.07) is 7.59. The quantitative estimate of drug-likeness (QED) is 0.839. The molecule has 0 unspecified atom stereocenters. The minimum absolute atomic E-state index is 0.324. The van der Waals surface area contributed by atoms with Crippen LogP contribution >= 0.6 is 0 Å². The molecule has 0 saturated carbocycles. The summed E-state index contributed by atoms with van der Waals surface area (Å²) in [5.41, 5.74) is 7.43. The van der Waals surface area contributed by atoms with Crippen LogP contribution in [0.2, 0.25) is 0 Å². The highest BCUT2D eigenvalue weighted by atomic mass is 16.1. The van der Waals surface area contributed by atoms with Gasteiger partial charge in [-0.15, -0.1) is 0 Å². The van der Waals surface area contributed by atoms with E-state index in [1.165, 1.54) is 19.3 Å². The van der Waals surface area contributed by atoms with Crippen molar-refractivity contribution in [2.45, 2.75) is 46.0 Å². The monoisotopic (exact) mass is 276 g/mol. The van der Waals surface area contributed by atoms with E-state index in [-0.39, 0.29) is 0 Å². The van der Waals surface area contributed by atoms with E-state index in [0.29, 0.717) is 18.6 Å². The summed E-state index contributed by atoms with van der Waals surface area (Å²) in [5, 5.41) is 0. The van der Waals surface area contributed by atoms with Crippen LogP contribution in [0.3, 0.4) is 0 Å². The number of anilines is 1. The largest absolute Gasteiger partial charge is 0.399 e. The Labute approximate surface area is 123 Å². The van der Waals surface area contributed by atoms with Crippen molar-refractivity contribution in [3.8, 4) is 0 Å². The van der Waals surface area contributed by atoms with Gasteiger partial charge < -0.3 is 10.6 Å².